The number of aliphatic carboxylic acids is 1. The van der Waals surface area contributed by atoms with Gasteiger partial charge in [0.1, 0.15) is 5.75 Å². The van der Waals surface area contributed by atoms with Crippen LogP contribution in [0.2, 0.25) is 0 Å². The topological polar surface area (TPSA) is 75.6 Å². The predicted octanol–water partition coefficient (Wildman–Crippen LogP) is 2.83. The fourth-order valence-electron chi connectivity index (χ4n) is 2.62. The second-order valence-electron chi connectivity index (χ2n) is 5.22. The Hall–Kier alpha value is -1.56. The first kappa shape index (κ1) is 15.8. The predicted molar refractivity (Wildman–Crippen MR) is 81.5 cm³/mol. The first-order valence-electron chi connectivity index (χ1n) is 6.88. The Morgan fingerprint density at radius 2 is 2.14 bits per heavy atom. The van der Waals surface area contributed by atoms with E-state index in [1.54, 1.807) is 25.3 Å². The minimum Gasteiger partial charge on any atom is -0.496 e. The fourth-order valence-corrected chi connectivity index (χ4v) is 3.16. The number of carbonyl (C=O) groups is 2. The highest BCUT2D eigenvalue weighted by Crippen LogP contribution is 2.27. The first-order valence-corrected chi connectivity index (χ1v) is 7.67. The summed E-state index contributed by atoms with van der Waals surface area (Å²) in [5.41, 5.74) is 0.528. The van der Waals surface area contributed by atoms with E-state index in [1.807, 2.05) is 0 Å². The van der Waals surface area contributed by atoms with Crippen molar-refractivity contribution in [3.63, 3.8) is 0 Å². The molecule has 1 aliphatic rings. The number of hydrogen-bond acceptors (Lipinski definition) is 3. The molecule has 21 heavy (non-hydrogen) atoms. The zero-order chi connectivity index (χ0) is 15.4. The quantitative estimate of drug-likeness (QED) is 0.870. The van der Waals surface area contributed by atoms with Crippen LogP contribution in [0.15, 0.2) is 22.7 Å². The number of rotatable bonds is 4. The molecule has 1 aliphatic carbocycles. The van der Waals surface area contributed by atoms with Crippen LogP contribution in [0, 0.1) is 5.92 Å². The lowest BCUT2D eigenvalue weighted by atomic mass is 9.85. The molecule has 0 heterocycles. The minimum absolute atomic E-state index is 0.0757. The molecule has 0 aromatic heterocycles. The van der Waals surface area contributed by atoms with Crippen LogP contribution in [0.1, 0.15) is 36.0 Å². The van der Waals surface area contributed by atoms with E-state index in [4.69, 9.17) is 9.84 Å². The average molecular weight is 356 g/mol. The Labute approximate surface area is 131 Å². The maximum atomic E-state index is 12.2. The molecule has 1 fully saturated rings. The van der Waals surface area contributed by atoms with E-state index in [9.17, 15) is 9.59 Å². The lowest BCUT2D eigenvalue weighted by molar-refractivity contribution is -0.143. The number of methoxy groups -OCH3 is 1. The summed E-state index contributed by atoms with van der Waals surface area (Å²) in [6.07, 6.45) is 2.84. The summed E-state index contributed by atoms with van der Waals surface area (Å²) < 4.78 is 5.84. The molecular weight excluding hydrogens is 338 g/mol. The van der Waals surface area contributed by atoms with Gasteiger partial charge >= 0.3 is 5.97 Å². The summed E-state index contributed by atoms with van der Waals surface area (Å²) in [5, 5.41) is 12.0. The van der Waals surface area contributed by atoms with Gasteiger partial charge in [0, 0.05) is 11.6 Å². The smallest absolute Gasteiger partial charge is 0.306 e. The number of amides is 1. The van der Waals surface area contributed by atoms with Gasteiger partial charge in [-0.15, -0.1) is 0 Å². The van der Waals surface area contributed by atoms with E-state index in [0.29, 0.717) is 28.6 Å². The van der Waals surface area contributed by atoms with Crippen molar-refractivity contribution < 1.29 is 19.4 Å². The Morgan fingerprint density at radius 1 is 1.38 bits per heavy atom. The van der Waals surface area contributed by atoms with Crippen molar-refractivity contribution in [1.29, 1.82) is 0 Å². The zero-order valence-electron chi connectivity index (χ0n) is 11.8. The summed E-state index contributed by atoms with van der Waals surface area (Å²) >= 11 is 3.35. The highest BCUT2D eigenvalue weighted by molar-refractivity contribution is 9.10. The van der Waals surface area contributed by atoms with Gasteiger partial charge in [-0.1, -0.05) is 6.42 Å². The SMILES string of the molecule is COc1ccc(C(=O)NC2CCCC(C(=O)O)C2)cc1Br. The third kappa shape index (κ3) is 3.97. The molecule has 1 amide bonds. The number of benzene rings is 1. The molecule has 2 atom stereocenters. The lowest BCUT2D eigenvalue weighted by Gasteiger charge is -2.27. The summed E-state index contributed by atoms with van der Waals surface area (Å²) in [5.74, 6) is -0.655. The number of carboxylic acids is 1. The first-order chi connectivity index (χ1) is 10.0. The van der Waals surface area contributed by atoms with E-state index < -0.39 is 5.97 Å². The van der Waals surface area contributed by atoms with Crippen LogP contribution in [0.25, 0.3) is 0 Å². The van der Waals surface area contributed by atoms with Crippen molar-refractivity contribution >= 4 is 27.8 Å². The Bertz CT molecular complexity index is 546. The van der Waals surface area contributed by atoms with Crippen molar-refractivity contribution in [1.82, 2.24) is 5.32 Å². The molecule has 5 nitrogen and oxygen atoms in total. The molecule has 0 spiro atoms. The van der Waals surface area contributed by atoms with Gasteiger partial charge in [0.25, 0.3) is 5.91 Å². The van der Waals surface area contributed by atoms with Crippen LogP contribution in [0.5, 0.6) is 5.75 Å². The zero-order valence-corrected chi connectivity index (χ0v) is 13.4. The van der Waals surface area contributed by atoms with Crippen molar-refractivity contribution in [3.05, 3.63) is 28.2 Å². The average Bonchev–Trinajstić information content (AvgIpc) is 2.47. The molecule has 2 rings (SSSR count). The molecule has 1 aromatic rings. The van der Waals surface area contributed by atoms with Gasteiger partial charge in [0.15, 0.2) is 0 Å². The molecule has 0 saturated heterocycles. The van der Waals surface area contributed by atoms with Crippen molar-refractivity contribution in [2.45, 2.75) is 31.7 Å². The van der Waals surface area contributed by atoms with Gasteiger partial charge in [0.2, 0.25) is 0 Å². The maximum absolute atomic E-state index is 12.2. The highest BCUT2D eigenvalue weighted by atomic mass is 79.9. The maximum Gasteiger partial charge on any atom is 0.306 e. The number of halogens is 1. The van der Waals surface area contributed by atoms with Crippen LogP contribution in [0.4, 0.5) is 0 Å². The number of hydrogen-bond donors (Lipinski definition) is 2. The molecule has 6 heteroatoms. The van der Waals surface area contributed by atoms with Crippen LogP contribution < -0.4 is 10.1 Å². The molecule has 0 radical (unpaired) electrons. The number of ether oxygens (including phenoxy) is 1. The van der Waals surface area contributed by atoms with E-state index >= 15 is 0 Å². The van der Waals surface area contributed by atoms with Gasteiger partial charge < -0.3 is 15.2 Å². The monoisotopic (exact) mass is 355 g/mol. The third-order valence-electron chi connectivity index (χ3n) is 3.77. The van der Waals surface area contributed by atoms with E-state index in [-0.39, 0.29) is 17.9 Å². The normalized spacial score (nSPS) is 21.6. The second-order valence-corrected chi connectivity index (χ2v) is 6.08. The summed E-state index contributed by atoms with van der Waals surface area (Å²) in [6, 6.07) is 5.04. The minimum atomic E-state index is -0.777. The fraction of sp³-hybridized carbons (Fsp3) is 0.467. The molecule has 2 N–H and O–H groups in total. The van der Waals surface area contributed by atoms with Crippen LogP contribution in [-0.2, 0) is 4.79 Å². The summed E-state index contributed by atoms with van der Waals surface area (Å²) in [7, 11) is 1.56. The number of nitrogens with one attached hydrogen (secondary N) is 1. The van der Waals surface area contributed by atoms with E-state index in [1.165, 1.54) is 0 Å². The van der Waals surface area contributed by atoms with Crippen LogP contribution in [-0.4, -0.2) is 30.1 Å². The molecular formula is C15H18BrNO4. The van der Waals surface area contributed by atoms with Crippen molar-refractivity contribution in [2.24, 2.45) is 5.92 Å². The van der Waals surface area contributed by atoms with Gasteiger partial charge in [0.05, 0.1) is 17.5 Å². The van der Waals surface area contributed by atoms with Gasteiger partial charge in [-0.25, -0.2) is 0 Å². The van der Waals surface area contributed by atoms with E-state index in [0.717, 1.165) is 12.8 Å². The second kappa shape index (κ2) is 6.93. The third-order valence-corrected chi connectivity index (χ3v) is 4.39. The molecule has 0 aliphatic heterocycles. The highest BCUT2D eigenvalue weighted by Gasteiger charge is 2.28. The number of carbonyl (C=O) groups excluding carboxylic acids is 1. The van der Waals surface area contributed by atoms with Gasteiger partial charge in [-0.05, 0) is 53.4 Å². The molecule has 0 bridgehead atoms. The van der Waals surface area contributed by atoms with Crippen LogP contribution in [0.3, 0.4) is 0 Å². The van der Waals surface area contributed by atoms with E-state index in [2.05, 4.69) is 21.2 Å². The number of carboxylic acid groups (broad SMARTS) is 1. The standard InChI is InChI=1S/C15H18BrNO4/c1-21-13-6-5-9(8-12(13)16)14(18)17-11-4-2-3-10(7-11)15(19)20/h5-6,8,10-11H,2-4,7H2,1H3,(H,17,18)(H,19,20). The Balaban J connectivity index is 2.01. The molecule has 1 saturated carbocycles. The molecule has 114 valence electrons. The van der Waals surface area contributed by atoms with Crippen molar-refractivity contribution in [3.8, 4) is 5.75 Å². The molecule has 2 unspecified atom stereocenters. The summed E-state index contributed by atoms with van der Waals surface area (Å²) in [4.78, 5) is 23.3. The van der Waals surface area contributed by atoms with Gasteiger partial charge in [-0.2, -0.15) is 0 Å². The Kier molecular flexibility index (Phi) is 5.22. The van der Waals surface area contributed by atoms with Gasteiger partial charge in [-0.3, -0.25) is 9.59 Å². The summed E-state index contributed by atoms with van der Waals surface area (Å²) in [6.45, 7) is 0. The molecule has 1 aromatic carbocycles. The largest absolute Gasteiger partial charge is 0.496 e. The lowest BCUT2D eigenvalue weighted by Crippen LogP contribution is -2.39. The van der Waals surface area contributed by atoms with Crippen LogP contribution >= 0.6 is 15.9 Å². The van der Waals surface area contributed by atoms with Crippen molar-refractivity contribution in [2.75, 3.05) is 7.11 Å². The Morgan fingerprint density at radius 3 is 2.76 bits per heavy atom.